The fourth-order valence-corrected chi connectivity index (χ4v) is 3.00. The summed E-state index contributed by atoms with van der Waals surface area (Å²) in [5, 5.41) is -0.201. The number of halogens is 3. The van der Waals surface area contributed by atoms with Crippen LogP contribution in [0.15, 0.2) is 23.0 Å². The number of ether oxygens (including phenoxy) is 1. The molecular formula is C17H16F3NO3. The topological polar surface area (TPSA) is 59.2 Å². The quantitative estimate of drug-likeness (QED) is 0.860. The van der Waals surface area contributed by atoms with Gasteiger partial charge < -0.3 is 9.72 Å². The summed E-state index contributed by atoms with van der Waals surface area (Å²) < 4.78 is 45.2. The first kappa shape index (κ1) is 16.5. The number of pyridine rings is 1. The van der Waals surface area contributed by atoms with Crippen LogP contribution >= 0.6 is 0 Å². The normalized spacial score (nSPS) is 15.3. The number of H-pyrrole nitrogens is 1. The van der Waals surface area contributed by atoms with E-state index in [1.165, 1.54) is 13.0 Å². The van der Waals surface area contributed by atoms with Crippen molar-refractivity contribution in [3.8, 4) is 0 Å². The molecule has 1 aromatic heterocycles. The van der Waals surface area contributed by atoms with Gasteiger partial charge in [0.25, 0.3) is 5.56 Å². The third kappa shape index (κ3) is 2.79. The van der Waals surface area contributed by atoms with Crippen molar-refractivity contribution in [2.24, 2.45) is 0 Å². The second-order valence-electron chi connectivity index (χ2n) is 5.86. The van der Waals surface area contributed by atoms with Crippen molar-refractivity contribution in [1.29, 1.82) is 0 Å². The number of alkyl halides is 3. The van der Waals surface area contributed by atoms with Crippen molar-refractivity contribution in [3.05, 3.63) is 45.2 Å². The Hall–Kier alpha value is -2.31. The molecule has 1 N–H and O–H groups in total. The second-order valence-corrected chi connectivity index (χ2v) is 5.86. The molecule has 0 saturated heterocycles. The lowest BCUT2D eigenvalue weighted by molar-refractivity contribution is -0.136. The standard InChI is InChI=1S/C17H16F3NO3/c1-2-24-16(23)13-14(17(18,19)20)11-7-6-10(9-4-3-5-9)8-12(11)21-15(13)22/h6-9H,2-5H2,1H3,(H,21,22). The highest BCUT2D eigenvalue weighted by atomic mass is 19.4. The van der Waals surface area contributed by atoms with Crippen LogP contribution in [0, 0.1) is 0 Å². The van der Waals surface area contributed by atoms with Crippen LogP contribution in [0.4, 0.5) is 13.2 Å². The molecule has 1 fully saturated rings. The van der Waals surface area contributed by atoms with E-state index >= 15 is 0 Å². The number of fused-ring (bicyclic) bond motifs is 1. The van der Waals surface area contributed by atoms with Gasteiger partial charge in [-0.2, -0.15) is 13.2 Å². The Kier molecular flexibility index (Phi) is 4.11. The molecule has 0 aliphatic heterocycles. The zero-order chi connectivity index (χ0) is 17.5. The van der Waals surface area contributed by atoms with Crippen molar-refractivity contribution in [2.75, 3.05) is 6.61 Å². The van der Waals surface area contributed by atoms with Gasteiger partial charge in [-0.1, -0.05) is 18.6 Å². The minimum Gasteiger partial charge on any atom is -0.462 e. The van der Waals surface area contributed by atoms with Crippen LogP contribution in [0.2, 0.25) is 0 Å². The number of aromatic amines is 1. The zero-order valence-corrected chi connectivity index (χ0v) is 13.0. The fraction of sp³-hybridized carbons (Fsp3) is 0.412. The highest BCUT2D eigenvalue weighted by molar-refractivity contribution is 5.97. The first-order chi connectivity index (χ1) is 11.3. The van der Waals surface area contributed by atoms with E-state index in [1.54, 1.807) is 12.1 Å². The van der Waals surface area contributed by atoms with Gasteiger partial charge in [-0.15, -0.1) is 0 Å². The van der Waals surface area contributed by atoms with Crippen LogP contribution < -0.4 is 5.56 Å². The minimum atomic E-state index is -4.84. The maximum atomic E-state index is 13.5. The zero-order valence-electron chi connectivity index (χ0n) is 13.0. The summed E-state index contributed by atoms with van der Waals surface area (Å²) in [6.45, 7) is 1.35. The van der Waals surface area contributed by atoms with Gasteiger partial charge in [0.2, 0.25) is 0 Å². The lowest BCUT2D eigenvalue weighted by atomic mass is 9.79. The number of hydrogen-bond donors (Lipinski definition) is 1. The summed E-state index contributed by atoms with van der Waals surface area (Å²) in [6.07, 6.45) is -1.77. The van der Waals surface area contributed by atoms with Crippen LogP contribution in [-0.4, -0.2) is 17.6 Å². The molecule has 4 nitrogen and oxygen atoms in total. The van der Waals surface area contributed by atoms with Gasteiger partial charge in [0.15, 0.2) is 0 Å². The van der Waals surface area contributed by atoms with Gasteiger partial charge in [0, 0.05) is 10.9 Å². The number of carbonyl (C=O) groups excluding carboxylic acids is 1. The second kappa shape index (κ2) is 5.96. The molecule has 1 aromatic carbocycles. The summed E-state index contributed by atoms with van der Waals surface area (Å²) in [5.41, 5.74) is -2.32. The van der Waals surface area contributed by atoms with Gasteiger partial charge >= 0.3 is 12.1 Å². The average Bonchev–Trinajstić information content (AvgIpc) is 2.42. The lowest BCUT2D eigenvalue weighted by Gasteiger charge is -2.26. The third-order valence-electron chi connectivity index (χ3n) is 4.38. The van der Waals surface area contributed by atoms with Gasteiger partial charge in [0.05, 0.1) is 12.2 Å². The average molecular weight is 339 g/mol. The van der Waals surface area contributed by atoms with Crippen molar-refractivity contribution in [1.82, 2.24) is 4.98 Å². The smallest absolute Gasteiger partial charge is 0.418 e. The molecule has 1 heterocycles. The number of rotatable bonds is 3. The Bertz CT molecular complexity index is 851. The first-order valence-electron chi connectivity index (χ1n) is 7.77. The van der Waals surface area contributed by atoms with E-state index in [4.69, 9.17) is 0 Å². The maximum absolute atomic E-state index is 13.5. The van der Waals surface area contributed by atoms with Crippen LogP contribution in [0.5, 0.6) is 0 Å². The number of esters is 1. The van der Waals surface area contributed by atoms with Gasteiger partial charge in [-0.05, 0) is 37.3 Å². The van der Waals surface area contributed by atoms with Crippen molar-refractivity contribution < 1.29 is 22.7 Å². The Labute approximate surface area is 135 Å². The molecule has 3 rings (SSSR count). The highest BCUT2D eigenvalue weighted by Crippen LogP contribution is 2.40. The molecule has 0 unspecified atom stereocenters. The molecule has 1 aliphatic carbocycles. The van der Waals surface area contributed by atoms with Crippen molar-refractivity contribution >= 4 is 16.9 Å². The molecule has 7 heteroatoms. The molecule has 0 radical (unpaired) electrons. The predicted octanol–water partition coefficient (Wildman–Crippen LogP) is 3.99. The maximum Gasteiger partial charge on any atom is 0.418 e. The number of nitrogens with one attached hydrogen (secondary N) is 1. The molecule has 0 atom stereocenters. The number of aromatic nitrogens is 1. The van der Waals surface area contributed by atoms with Crippen molar-refractivity contribution in [2.45, 2.75) is 38.3 Å². The monoisotopic (exact) mass is 339 g/mol. The molecular weight excluding hydrogens is 323 g/mol. The Balaban J connectivity index is 2.26. The van der Waals surface area contributed by atoms with Crippen molar-refractivity contribution in [3.63, 3.8) is 0 Å². The molecule has 128 valence electrons. The molecule has 0 spiro atoms. The van der Waals surface area contributed by atoms with Crippen LogP contribution in [0.3, 0.4) is 0 Å². The van der Waals surface area contributed by atoms with Crippen LogP contribution in [0.25, 0.3) is 10.9 Å². The Morgan fingerprint density at radius 2 is 2.04 bits per heavy atom. The molecule has 2 aromatic rings. The SMILES string of the molecule is CCOC(=O)c1c(C(F)(F)F)c2ccc(C3CCC3)cc2[nH]c1=O. The molecule has 0 bridgehead atoms. The van der Waals surface area contributed by atoms with Gasteiger partial charge in [-0.3, -0.25) is 4.79 Å². The van der Waals surface area contributed by atoms with E-state index in [2.05, 4.69) is 9.72 Å². The number of carbonyl (C=O) groups is 1. The number of benzene rings is 1. The van der Waals surface area contributed by atoms with Crippen LogP contribution in [-0.2, 0) is 10.9 Å². The lowest BCUT2D eigenvalue weighted by Crippen LogP contribution is -2.26. The first-order valence-corrected chi connectivity index (χ1v) is 7.77. The largest absolute Gasteiger partial charge is 0.462 e. The third-order valence-corrected chi connectivity index (χ3v) is 4.38. The molecule has 1 saturated carbocycles. The highest BCUT2D eigenvalue weighted by Gasteiger charge is 2.40. The van der Waals surface area contributed by atoms with Gasteiger partial charge in [0.1, 0.15) is 5.56 Å². The summed E-state index contributed by atoms with van der Waals surface area (Å²) in [6, 6.07) is 4.53. The van der Waals surface area contributed by atoms with E-state index < -0.39 is 28.8 Å². The summed E-state index contributed by atoms with van der Waals surface area (Å²) in [5.74, 6) is -0.951. The van der Waals surface area contributed by atoms with Gasteiger partial charge in [-0.25, -0.2) is 4.79 Å². The van der Waals surface area contributed by atoms with E-state index in [9.17, 15) is 22.8 Å². The van der Waals surface area contributed by atoms with E-state index in [-0.39, 0.29) is 17.5 Å². The Morgan fingerprint density at radius 3 is 2.58 bits per heavy atom. The summed E-state index contributed by atoms with van der Waals surface area (Å²) in [7, 11) is 0. The molecule has 1 aliphatic rings. The van der Waals surface area contributed by atoms with E-state index in [1.807, 2.05) is 0 Å². The molecule has 0 amide bonds. The Morgan fingerprint density at radius 1 is 1.33 bits per heavy atom. The molecule has 24 heavy (non-hydrogen) atoms. The van der Waals surface area contributed by atoms with E-state index in [0.29, 0.717) is 5.92 Å². The fourth-order valence-electron chi connectivity index (χ4n) is 3.00. The summed E-state index contributed by atoms with van der Waals surface area (Å²) >= 11 is 0. The minimum absolute atomic E-state index is 0.0878. The number of hydrogen-bond acceptors (Lipinski definition) is 3. The summed E-state index contributed by atoms with van der Waals surface area (Å²) in [4.78, 5) is 26.4. The van der Waals surface area contributed by atoms with E-state index in [0.717, 1.165) is 24.8 Å². The van der Waals surface area contributed by atoms with Crippen LogP contribution in [0.1, 0.15) is 53.6 Å². The predicted molar refractivity (Wildman–Crippen MR) is 82.1 cm³/mol.